The second-order valence-corrected chi connectivity index (χ2v) is 18.5. The Morgan fingerprint density at radius 1 is 1.17 bits per heavy atom. The van der Waals surface area contributed by atoms with E-state index in [-0.39, 0.29) is 12.1 Å². The van der Waals surface area contributed by atoms with E-state index in [4.69, 9.17) is 19.2 Å². The summed E-state index contributed by atoms with van der Waals surface area (Å²) in [7, 11) is 0.463. The van der Waals surface area contributed by atoms with Crippen molar-refractivity contribution < 1.29 is 19.0 Å². The van der Waals surface area contributed by atoms with Crippen molar-refractivity contribution in [2.75, 3.05) is 44.9 Å². The van der Waals surface area contributed by atoms with Gasteiger partial charge in [0.2, 0.25) is 0 Å². The smallest absolute Gasteiger partial charge is 0.410 e. The first-order valence-corrected chi connectivity index (χ1v) is 18.2. The van der Waals surface area contributed by atoms with Gasteiger partial charge in [-0.2, -0.15) is 0 Å². The summed E-state index contributed by atoms with van der Waals surface area (Å²) in [4.78, 5) is 30.8. The SMILES string of the molecule is COCCN(C(=O)OC(C)(C)C)[C@H]1CCCN(c2ccnc3c2c(-c2cncnc2)cn3COCC[Si](C)(C)C)C1. The normalized spacial score (nSPS) is 16.3. The number of pyridine rings is 1. The molecular formula is C30H46N6O4Si. The molecule has 41 heavy (non-hydrogen) atoms. The molecule has 0 radical (unpaired) electrons. The number of hydrogen-bond donors (Lipinski definition) is 0. The summed E-state index contributed by atoms with van der Waals surface area (Å²) >= 11 is 0. The maximum atomic E-state index is 13.2. The average Bonchev–Trinajstić information content (AvgIpc) is 3.29. The molecule has 0 spiro atoms. The number of carbonyl (C=O) groups is 1. The Morgan fingerprint density at radius 3 is 2.61 bits per heavy atom. The molecule has 10 nitrogen and oxygen atoms in total. The van der Waals surface area contributed by atoms with E-state index in [0.717, 1.165) is 59.9 Å². The van der Waals surface area contributed by atoms with E-state index < -0.39 is 13.7 Å². The van der Waals surface area contributed by atoms with Gasteiger partial charge < -0.3 is 28.6 Å². The minimum atomic E-state index is -1.19. The van der Waals surface area contributed by atoms with Gasteiger partial charge in [-0.15, -0.1) is 0 Å². The van der Waals surface area contributed by atoms with E-state index >= 15 is 0 Å². The average molecular weight is 583 g/mol. The first kappa shape index (κ1) is 30.9. The molecule has 1 aliphatic rings. The monoisotopic (exact) mass is 582 g/mol. The molecule has 0 unspecified atom stereocenters. The van der Waals surface area contributed by atoms with E-state index in [1.807, 2.05) is 44.3 Å². The number of rotatable bonds is 11. The zero-order valence-corrected chi connectivity index (χ0v) is 26.7. The molecule has 1 fully saturated rings. The molecule has 0 N–H and O–H groups in total. The van der Waals surface area contributed by atoms with Crippen molar-refractivity contribution in [2.24, 2.45) is 0 Å². The van der Waals surface area contributed by atoms with Crippen LogP contribution in [0.15, 0.2) is 37.2 Å². The van der Waals surface area contributed by atoms with Gasteiger partial charge in [-0.25, -0.2) is 19.7 Å². The number of aromatic nitrogens is 4. The number of carbonyl (C=O) groups excluding carboxylic acids is 1. The molecular weight excluding hydrogens is 536 g/mol. The van der Waals surface area contributed by atoms with Crippen LogP contribution in [-0.2, 0) is 20.9 Å². The van der Waals surface area contributed by atoms with Crippen molar-refractivity contribution in [3.63, 3.8) is 0 Å². The standard InChI is InChI=1S/C30H46N6O4Si/c1-30(2,3)40-29(37)36(13-14-38-4)24-9-8-12-34(19-24)26-10-11-33-28-27(26)25(23-17-31-21-32-18-23)20-35(28)22-39-15-16-41(5,6)7/h10-11,17-18,20-21,24H,8-9,12-16,19,22H2,1-7H3/t24-/m0/s1. The highest BCUT2D eigenvalue weighted by molar-refractivity contribution is 6.76. The summed E-state index contributed by atoms with van der Waals surface area (Å²) in [6.07, 6.45) is 10.7. The molecule has 1 atom stereocenters. The highest BCUT2D eigenvalue weighted by atomic mass is 28.3. The number of hydrogen-bond acceptors (Lipinski definition) is 8. The Morgan fingerprint density at radius 2 is 1.93 bits per heavy atom. The van der Waals surface area contributed by atoms with Crippen molar-refractivity contribution in [1.29, 1.82) is 0 Å². The fraction of sp³-hybridized carbons (Fsp3) is 0.600. The number of methoxy groups -OCH3 is 1. The predicted molar refractivity (Wildman–Crippen MR) is 165 cm³/mol. The van der Waals surface area contributed by atoms with E-state index in [1.54, 1.807) is 13.4 Å². The highest BCUT2D eigenvalue weighted by Crippen LogP contribution is 2.37. The Labute approximate surface area is 245 Å². The predicted octanol–water partition coefficient (Wildman–Crippen LogP) is 5.66. The maximum absolute atomic E-state index is 13.2. The molecule has 1 saturated heterocycles. The van der Waals surface area contributed by atoms with E-state index in [0.29, 0.717) is 26.4 Å². The molecule has 0 saturated carbocycles. The molecule has 0 aromatic carbocycles. The number of piperidine rings is 1. The summed E-state index contributed by atoms with van der Waals surface area (Å²) in [5.41, 5.74) is 3.32. The zero-order valence-electron chi connectivity index (χ0n) is 25.7. The molecule has 224 valence electrons. The van der Waals surface area contributed by atoms with Crippen molar-refractivity contribution >= 4 is 30.9 Å². The van der Waals surface area contributed by atoms with Crippen LogP contribution < -0.4 is 4.90 Å². The molecule has 0 aliphatic carbocycles. The Kier molecular flexibility index (Phi) is 10.0. The molecule has 3 aromatic rings. The topological polar surface area (TPSA) is 94.8 Å². The second-order valence-electron chi connectivity index (χ2n) is 12.9. The zero-order chi connectivity index (χ0) is 29.6. The van der Waals surface area contributed by atoms with Gasteiger partial charge in [0.05, 0.1) is 23.7 Å². The lowest BCUT2D eigenvalue weighted by molar-refractivity contribution is 0.00882. The van der Waals surface area contributed by atoms with Crippen molar-refractivity contribution in [2.45, 2.75) is 77.7 Å². The van der Waals surface area contributed by atoms with Gasteiger partial charge in [0.25, 0.3) is 0 Å². The lowest BCUT2D eigenvalue weighted by Gasteiger charge is -2.40. The number of anilines is 1. The number of ether oxygens (including phenoxy) is 3. The number of amides is 1. The van der Waals surface area contributed by atoms with Gasteiger partial charge >= 0.3 is 6.09 Å². The maximum Gasteiger partial charge on any atom is 0.410 e. The first-order chi connectivity index (χ1) is 19.5. The highest BCUT2D eigenvalue weighted by Gasteiger charge is 2.32. The molecule has 11 heteroatoms. The van der Waals surface area contributed by atoms with E-state index in [9.17, 15) is 4.79 Å². The Bertz CT molecular complexity index is 1290. The quantitative estimate of drug-likeness (QED) is 0.211. The second kappa shape index (κ2) is 13.3. The van der Waals surface area contributed by atoms with Gasteiger partial charge in [0, 0.05) is 77.3 Å². The van der Waals surface area contributed by atoms with Crippen LogP contribution in [0.5, 0.6) is 0 Å². The lowest BCUT2D eigenvalue weighted by Crippen LogP contribution is -2.52. The number of fused-ring (bicyclic) bond motifs is 1. The van der Waals surface area contributed by atoms with Crippen LogP contribution in [-0.4, -0.2) is 90.2 Å². The first-order valence-electron chi connectivity index (χ1n) is 14.5. The summed E-state index contributed by atoms with van der Waals surface area (Å²) in [5, 5.41) is 1.04. The Hall–Kier alpha value is -3.02. The lowest BCUT2D eigenvalue weighted by atomic mass is 10.0. The Balaban J connectivity index is 1.67. The molecule has 4 rings (SSSR count). The third-order valence-corrected chi connectivity index (χ3v) is 8.88. The van der Waals surface area contributed by atoms with Gasteiger partial charge in [0.15, 0.2) is 0 Å². The van der Waals surface area contributed by atoms with Crippen LogP contribution in [0.4, 0.5) is 10.5 Å². The van der Waals surface area contributed by atoms with Crippen LogP contribution >= 0.6 is 0 Å². The van der Waals surface area contributed by atoms with Gasteiger partial charge in [-0.1, -0.05) is 19.6 Å². The fourth-order valence-corrected chi connectivity index (χ4v) is 5.88. The van der Waals surface area contributed by atoms with E-state index in [2.05, 4.69) is 51.3 Å². The van der Waals surface area contributed by atoms with Crippen molar-refractivity contribution in [3.8, 4) is 11.1 Å². The summed E-state index contributed by atoms with van der Waals surface area (Å²) in [6, 6.07) is 3.17. The largest absolute Gasteiger partial charge is 0.444 e. The van der Waals surface area contributed by atoms with Crippen molar-refractivity contribution in [1.82, 2.24) is 24.4 Å². The minimum Gasteiger partial charge on any atom is -0.444 e. The minimum absolute atomic E-state index is 0.00698. The van der Waals surface area contributed by atoms with Crippen LogP contribution in [0.1, 0.15) is 33.6 Å². The number of nitrogens with zero attached hydrogens (tertiary/aromatic N) is 6. The molecule has 1 aliphatic heterocycles. The molecule has 0 bridgehead atoms. The third kappa shape index (κ3) is 8.27. The van der Waals surface area contributed by atoms with Crippen LogP contribution in [0.2, 0.25) is 25.7 Å². The van der Waals surface area contributed by atoms with Crippen LogP contribution in [0.3, 0.4) is 0 Å². The third-order valence-electron chi connectivity index (χ3n) is 7.18. The summed E-state index contributed by atoms with van der Waals surface area (Å²) in [6.45, 7) is 16.4. The summed E-state index contributed by atoms with van der Waals surface area (Å²) < 4.78 is 19.3. The van der Waals surface area contributed by atoms with Crippen LogP contribution in [0.25, 0.3) is 22.2 Å². The molecule has 4 heterocycles. The molecule has 1 amide bonds. The summed E-state index contributed by atoms with van der Waals surface area (Å²) in [5.74, 6) is 0. The molecule has 3 aromatic heterocycles. The van der Waals surface area contributed by atoms with Gasteiger partial charge in [0.1, 0.15) is 24.3 Å². The van der Waals surface area contributed by atoms with Gasteiger partial charge in [-0.05, 0) is 45.7 Å². The van der Waals surface area contributed by atoms with Crippen molar-refractivity contribution in [3.05, 3.63) is 37.2 Å². The van der Waals surface area contributed by atoms with Gasteiger partial charge in [-0.3, -0.25) is 0 Å². The van der Waals surface area contributed by atoms with E-state index in [1.165, 1.54) is 0 Å². The fourth-order valence-electron chi connectivity index (χ4n) is 5.12. The van der Waals surface area contributed by atoms with Crippen LogP contribution in [0, 0.1) is 0 Å².